The van der Waals surface area contributed by atoms with Crippen LogP contribution >= 0.6 is 0 Å². The minimum atomic E-state index is 0.142. The van der Waals surface area contributed by atoms with E-state index >= 15 is 0 Å². The molecule has 5 heteroatoms. The van der Waals surface area contributed by atoms with E-state index in [-0.39, 0.29) is 5.91 Å². The maximum absolute atomic E-state index is 13.3. The molecule has 28 heavy (non-hydrogen) atoms. The highest BCUT2D eigenvalue weighted by molar-refractivity contribution is 5.94. The fraction of sp³-hybridized carbons (Fsp3) is 0.565. The summed E-state index contributed by atoms with van der Waals surface area (Å²) in [6.07, 6.45) is 7.64. The second kappa shape index (κ2) is 7.03. The second-order valence-corrected chi connectivity index (χ2v) is 8.78. The number of nitrogens with one attached hydrogen (secondary N) is 1. The smallest absolute Gasteiger partial charge is 0.274 e. The second-order valence-electron chi connectivity index (χ2n) is 8.78. The summed E-state index contributed by atoms with van der Waals surface area (Å²) in [6, 6.07) is 8.60. The maximum Gasteiger partial charge on any atom is 0.274 e. The summed E-state index contributed by atoms with van der Waals surface area (Å²) in [5.74, 6) is 0.142. The van der Waals surface area contributed by atoms with Crippen molar-refractivity contribution in [2.45, 2.75) is 51.9 Å². The topological polar surface area (TPSA) is 50.2 Å². The van der Waals surface area contributed by atoms with Crippen molar-refractivity contribution >= 4 is 5.91 Å². The molecular weight excluding hydrogens is 348 g/mol. The molecule has 5 rings (SSSR count). The molecule has 0 atom stereocenters. The summed E-state index contributed by atoms with van der Waals surface area (Å²) in [5, 5.41) is 8.34. The van der Waals surface area contributed by atoms with Crippen molar-refractivity contribution in [2.24, 2.45) is 5.41 Å². The van der Waals surface area contributed by atoms with Gasteiger partial charge in [0.15, 0.2) is 5.69 Å². The quantitative estimate of drug-likeness (QED) is 0.893. The molecule has 2 saturated heterocycles. The van der Waals surface area contributed by atoms with Crippen LogP contribution in [-0.4, -0.2) is 46.8 Å². The van der Waals surface area contributed by atoms with Crippen LogP contribution in [0.4, 0.5) is 0 Å². The van der Waals surface area contributed by atoms with Gasteiger partial charge in [-0.05, 0) is 74.6 Å². The van der Waals surface area contributed by atoms with E-state index in [1.807, 2.05) is 4.68 Å². The van der Waals surface area contributed by atoms with Crippen molar-refractivity contribution in [2.75, 3.05) is 26.2 Å². The highest BCUT2D eigenvalue weighted by atomic mass is 16.2. The molecule has 2 aromatic rings. The van der Waals surface area contributed by atoms with Crippen molar-refractivity contribution in [3.05, 3.63) is 46.8 Å². The normalized spacial score (nSPS) is 20.7. The minimum absolute atomic E-state index is 0.142. The van der Waals surface area contributed by atoms with Crippen molar-refractivity contribution in [3.63, 3.8) is 0 Å². The Morgan fingerprint density at radius 2 is 1.93 bits per heavy atom. The summed E-state index contributed by atoms with van der Waals surface area (Å²) in [4.78, 5) is 15.4. The molecule has 1 aromatic carbocycles. The zero-order valence-corrected chi connectivity index (χ0v) is 16.8. The van der Waals surface area contributed by atoms with E-state index in [4.69, 9.17) is 5.10 Å². The number of benzene rings is 1. The zero-order chi connectivity index (χ0) is 19.1. The number of aryl methyl sites for hydroxylation is 1. The van der Waals surface area contributed by atoms with E-state index in [1.54, 1.807) is 0 Å². The van der Waals surface area contributed by atoms with E-state index in [9.17, 15) is 4.79 Å². The van der Waals surface area contributed by atoms with Gasteiger partial charge in [-0.15, -0.1) is 0 Å². The molecule has 3 aliphatic rings. The Morgan fingerprint density at radius 3 is 2.61 bits per heavy atom. The van der Waals surface area contributed by atoms with Crippen LogP contribution in [0.5, 0.6) is 0 Å². The Kier molecular flexibility index (Phi) is 4.50. The fourth-order valence-corrected chi connectivity index (χ4v) is 5.25. The Morgan fingerprint density at radius 1 is 1.14 bits per heavy atom. The van der Waals surface area contributed by atoms with Gasteiger partial charge in [0.2, 0.25) is 0 Å². The molecule has 3 heterocycles. The lowest BCUT2D eigenvalue weighted by Gasteiger charge is -2.38. The average Bonchev–Trinajstić information content (AvgIpc) is 3.45. The Balaban J connectivity index is 1.40. The standard InChI is InChI=1S/C23H30N4O/c1-2-17-6-8-18(9-7-17)27-20-5-3-4-19(20)21(25-27)22(28)26-14-11-23(12-15-26)10-13-24-16-23/h6-9,24H,2-5,10-16H2,1H3. The van der Waals surface area contributed by atoms with E-state index < -0.39 is 0 Å². The van der Waals surface area contributed by atoms with Gasteiger partial charge in [0.1, 0.15) is 0 Å². The zero-order valence-electron chi connectivity index (χ0n) is 16.8. The molecule has 0 unspecified atom stereocenters. The number of likely N-dealkylation sites (tertiary alicyclic amines) is 1. The number of carbonyl (C=O) groups excluding carboxylic acids is 1. The summed E-state index contributed by atoms with van der Waals surface area (Å²) >= 11 is 0. The van der Waals surface area contributed by atoms with Crippen LogP contribution in [0.3, 0.4) is 0 Å². The largest absolute Gasteiger partial charge is 0.337 e. The molecule has 0 bridgehead atoms. The van der Waals surface area contributed by atoms with Gasteiger partial charge in [-0.1, -0.05) is 19.1 Å². The van der Waals surface area contributed by atoms with Crippen LogP contribution in [0.15, 0.2) is 24.3 Å². The maximum atomic E-state index is 13.3. The SMILES string of the molecule is CCc1ccc(-n2nc(C(=O)N3CCC4(CCNC4)CC3)c3c2CCC3)cc1. The lowest BCUT2D eigenvalue weighted by Crippen LogP contribution is -2.44. The number of hydrogen-bond donors (Lipinski definition) is 1. The third-order valence-electron chi connectivity index (χ3n) is 7.17. The molecule has 148 valence electrons. The first-order chi connectivity index (χ1) is 13.7. The summed E-state index contributed by atoms with van der Waals surface area (Å²) < 4.78 is 2.03. The van der Waals surface area contributed by atoms with Gasteiger partial charge in [-0.3, -0.25) is 4.79 Å². The summed E-state index contributed by atoms with van der Waals surface area (Å²) in [5.41, 5.74) is 5.96. The van der Waals surface area contributed by atoms with Crippen LogP contribution in [0.25, 0.3) is 5.69 Å². The van der Waals surface area contributed by atoms with E-state index in [2.05, 4.69) is 41.4 Å². The van der Waals surface area contributed by atoms with Crippen LogP contribution < -0.4 is 5.32 Å². The lowest BCUT2D eigenvalue weighted by atomic mass is 9.78. The molecule has 0 saturated carbocycles. The molecule has 1 amide bonds. The number of amides is 1. The van der Waals surface area contributed by atoms with Crippen LogP contribution in [-0.2, 0) is 19.3 Å². The Bertz CT molecular complexity index is 867. The molecule has 1 aliphatic carbocycles. The third-order valence-corrected chi connectivity index (χ3v) is 7.17. The van der Waals surface area contributed by atoms with E-state index in [0.29, 0.717) is 11.1 Å². The van der Waals surface area contributed by atoms with Crippen LogP contribution in [0.1, 0.15) is 59.9 Å². The number of rotatable bonds is 3. The van der Waals surface area contributed by atoms with E-state index in [1.165, 1.54) is 23.2 Å². The summed E-state index contributed by atoms with van der Waals surface area (Å²) in [7, 11) is 0. The monoisotopic (exact) mass is 378 g/mol. The molecule has 5 nitrogen and oxygen atoms in total. The van der Waals surface area contributed by atoms with Crippen molar-refractivity contribution in [1.82, 2.24) is 20.0 Å². The highest BCUT2D eigenvalue weighted by Gasteiger charge is 2.39. The Hall–Kier alpha value is -2.14. The van der Waals surface area contributed by atoms with Crippen molar-refractivity contribution in [1.29, 1.82) is 0 Å². The van der Waals surface area contributed by atoms with Crippen molar-refractivity contribution in [3.8, 4) is 5.69 Å². The van der Waals surface area contributed by atoms with Gasteiger partial charge < -0.3 is 10.2 Å². The third kappa shape index (κ3) is 2.96. The van der Waals surface area contributed by atoms with Gasteiger partial charge in [0.25, 0.3) is 5.91 Å². The number of fused-ring (bicyclic) bond motifs is 1. The molecule has 1 aromatic heterocycles. The number of carbonyl (C=O) groups is 1. The van der Waals surface area contributed by atoms with Gasteiger partial charge >= 0.3 is 0 Å². The van der Waals surface area contributed by atoms with Gasteiger partial charge in [0, 0.05) is 30.9 Å². The van der Waals surface area contributed by atoms with Crippen molar-refractivity contribution < 1.29 is 4.79 Å². The highest BCUT2D eigenvalue weighted by Crippen LogP contribution is 2.37. The lowest BCUT2D eigenvalue weighted by molar-refractivity contribution is 0.0600. The first-order valence-corrected chi connectivity index (χ1v) is 10.9. The first-order valence-electron chi connectivity index (χ1n) is 10.9. The van der Waals surface area contributed by atoms with Crippen LogP contribution in [0.2, 0.25) is 0 Å². The van der Waals surface area contributed by atoms with Gasteiger partial charge in [-0.25, -0.2) is 4.68 Å². The Labute approximate surface area is 167 Å². The van der Waals surface area contributed by atoms with Crippen LogP contribution in [0, 0.1) is 5.41 Å². The van der Waals surface area contributed by atoms with E-state index in [0.717, 1.165) is 70.4 Å². The molecule has 2 aliphatic heterocycles. The number of nitrogens with zero attached hydrogens (tertiary/aromatic N) is 3. The number of aromatic nitrogens is 2. The molecule has 0 radical (unpaired) electrons. The number of piperidine rings is 1. The fourth-order valence-electron chi connectivity index (χ4n) is 5.25. The average molecular weight is 379 g/mol. The molecule has 1 spiro atoms. The first kappa shape index (κ1) is 17.9. The molecule has 1 N–H and O–H groups in total. The molecular formula is C23H30N4O. The molecule has 2 fully saturated rings. The number of hydrogen-bond acceptors (Lipinski definition) is 3. The minimum Gasteiger partial charge on any atom is -0.337 e. The van der Waals surface area contributed by atoms with Gasteiger partial charge in [-0.2, -0.15) is 5.10 Å². The summed E-state index contributed by atoms with van der Waals surface area (Å²) in [6.45, 7) is 6.15. The van der Waals surface area contributed by atoms with Gasteiger partial charge in [0.05, 0.1) is 5.69 Å². The predicted molar refractivity (Wildman–Crippen MR) is 110 cm³/mol. The predicted octanol–water partition coefficient (Wildman–Crippen LogP) is 3.14.